The van der Waals surface area contributed by atoms with Crippen LogP contribution in [0.25, 0.3) is 89.1 Å². The Balaban J connectivity index is 1.29. The molecule has 0 radical (unpaired) electrons. The molecule has 0 saturated heterocycles. The molecule has 2 heterocycles. The normalized spacial score (nSPS) is 11.9. The molecule has 0 N–H and O–H groups in total. The van der Waals surface area contributed by atoms with E-state index in [0.717, 1.165) is 38.6 Å². The summed E-state index contributed by atoms with van der Waals surface area (Å²) < 4.78 is 6.18. The Kier molecular flexibility index (Phi) is 4.58. The van der Waals surface area contributed by atoms with Crippen molar-refractivity contribution in [3.63, 3.8) is 0 Å². The largest absolute Gasteiger partial charge is 0.456 e. The molecule has 4 heteroatoms. The van der Waals surface area contributed by atoms with E-state index >= 15 is 0 Å². The quantitative estimate of drug-likeness (QED) is 0.231. The first-order chi connectivity index (χ1) is 20.3. The molecule has 190 valence electrons. The lowest BCUT2D eigenvalue weighted by molar-refractivity contribution is 0.669. The van der Waals surface area contributed by atoms with E-state index < -0.39 is 0 Å². The van der Waals surface area contributed by atoms with Crippen LogP contribution in [0.5, 0.6) is 0 Å². The molecule has 8 aromatic rings. The van der Waals surface area contributed by atoms with Gasteiger partial charge in [0.25, 0.3) is 0 Å². The van der Waals surface area contributed by atoms with Crippen LogP contribution in [0.3, 0.4) is 0 Å². The Labute approximate surface area is 235 Å². The number of furan rings is 1. The third-order valence-electron chi connectivity index (χ3n) is 8.07. The van der Waals surface area contributed by atoms with Crippen molar-refractivity contribution < 1.29 is 4.42 Å². The molecule has 0 spiro atoms. The first-order valence-electron chi connectivity index (χ1n) is 13.7. The zero-order valence-corrected chi connectivity index (χ0v) is 21.9. The summed E-state index contributed by atoms with van der Waals surface area (Å²) in [6, 6.07) is 43.9. The maximum absolute atomic E-state index is 6.18. The number of rotatable bonds is 3. The van der Waals surface area contributed by atoms with Crippen LogP contribution in [0.1, 0.15) is 0 Å². The topological polar surface area (TPSA) is 51.8 Å². The van der Waals surface area contributed by atoms with Crippen molar-refractivity contribution in [3.05, 3.63) is 127 Å². The number of fused-ring (bicyclic) bond motifs is 6. The Morgan fingerprint density at radius 1 is 0.390 bits per heavy atom. The fourth-order valence-electron chi connectivity index (χ4n) is 6.23. The number of para-hydroxylation sites is 1. The van der Waals surface area contributed by atoms with E-state index in [9.17, 15) is 0 Å². The highest BCUT2D eigenvalue weighted by molar-refractivity contribution is 6.15. The summed E-state index contributed by atoms with van der Waals surface area (Å²) >= 11 is 0. The van der Waals surface area contributed by atoms with Gasteiger partial charge >= 0.3 is 0 Å². The summed E-state index contributed by atoms with van der Waals surface area (Å²) in [6.07, 6.45) is 0. The zero-order valence-electron chi connectivity index (χ0n) is 21.9. The highest BCUT2D eigenvalue weighted by Gasteiger charge is 2.23. The number of nitrogens with zero attached hydrogens (tertiary/aromatic N) is 3. The van der Waals surface area contributed by atoms with E-state index in [1.165, 1.54) is 33.0 Å². The number of benzene rings is 6. The van der Waals surface area contributed by atoms with Crippen LogP contribution in [0, 0.1) is 0 Å². The number of hydrogen-bond donors (Lipinski definition) is 0. The maximum Gasteiger partial charge on any atom is 0.164 e. The minimum Gasteiger partial charge on any atom is -0.456 e. The van der Waals surface area contributed by atoms with Crippen LogP contribution in [0.15, 0.2) is 132 Å². The highest BCUT2D eigenvalue weighted by Crippen LogP contribution is 2.48. The van der Waals surface area contributed by atoms with E-state index in [0.29, 0.717) is 17.5 Å². The van der Waals surface area contributed by atoms with Gasteiger partial charge in [0.05, 0.1) is 0 Å². The van der Waals surface area contributed by atoms with Crippen LogP contribution in [0.4, 0.5) is 0 Å². The molecule has 1 aliphatic rings. The summed E-state index contributed by atoms with van der Waals surface area (Å²) in [6.45, 7) is 0. The second-order valence-electron chi connectivity index (χ2n) is 10.4. The van der Waals surface area contributed by atoms with Crippen molar-refractivity contribution >= 4 is 32.7 Å². The third kappa shape index (κ3) is 3.31. The summed E-state index contributed by atoms with van der Waals surface area (Å²) in [4.78, 5) is 15.1. The van der Waals surface area contributed by atoms with Gasteiger partial charge in [0.15, 0.2) is 17.5 Å². The summed E-state index contributed by atoms with van der Waals surface area (Å²) in [5.74, 6) is 1.91. The van der Waals surface area contributed by atoms with Gasteiger partial charge in [0.2, 0.25) is 0 Å². The molecule has 9 rings (SSSR count). The van der Waals surface area contributed by atoms with Gasteiger partial charge in [-0.2, -0.15) is 0 Å². The van der Waals surface area contributed by atoms with E-state index in [2.05, 4.69) is 66.7 Å². The average Bonchev–Trinajstić information content (AvgIpc) is 3.58. The van der Waals surface area contributed by atoms with Crippen molar-refractivity contribution in [2.75, 3.05) is 0 Å². The second kappa shape index (κ2) is 8.44. The van der Waals surface area contributed by atoms with Gasteiger partial charge < -0.3 is 4.42 Å². The van der Waals surface area contributed by atoms with Gasteiger partial charge in [-0.1, -0.05) is 109 Å². The van der Waals surface area contributed by atoms with Gasteiger partial charge in [-0.25, -0.2) is 15.0 Å². The molecule has 0 aliphatic heterocycles. The zero-order chi connectivity index (χ0) is 26.9. The molecular weight excluding hydrogens is 502 g/mol. The second-order valence-corrected chi connectivity index (χ2v) is 10.4. The first-order valence-corrected chi connectivity index (χ1v) is 13.7. The van der Waals surface area contributed by atoms with Crippen molar-refractivity contribution in [2.45, 2.75) is 0 Å². The van der Waals surface area contributed by atoms with Crippen LogP contribution in [-0.4, -0.2) is 15.0 Å². The molecule has 0 unspecified atom stereocenters. The van der Waals surface area contributed by atoms with Crippen molar-refractivity contribution in [1.29, 1.82) is 0 Å². The lowest BCUT2D eigenvalue weighted by atomic mass is 10.0. The SMILES string of the molecule is c1ccc(-c2nc(-c3ccc4c(c3)-c3cccc5cccc-4c35)nc(-c3cccc4oc5ccccc5c34)n2)cc1. The fourth-order valence-corrected chi connectivity index (χ4v) is 6.23. The molecule has 6 aromatic carbocycles. The Bertz CT molecular complexity index is 2310. The van der Waals surface area contributed by atoms with Crippen LogP contribution in [0.2, 0.25) is 0 Å². The van der Waals surface area contributed by atoms with Crippen molar-refractivity contribution in [3.8, 4) is 56.4 Å². The molecule has 41 heavy (non-hydrogen) atoms. The van der Waals surface area contributed by atoms with E-state index in [4.69, 9.17) is 19.4 Å². The predicted octanol–water partition coefficient (Wildman–Crippen LogP) is 9.57. The Morgan fingerprint density at radius 2 is 1.05 bits per heavy atom. The molecule has 4 nitrogen and oxygen atoms in total. The molecule has 0 atom stereocenters. The summed E-state index contributed by atoms with van der Waals surface area (Å²) in [5.41, 5.74) is 9.47. The van der Waals surface area contributed by atoms with Crippen molar-refractivity contribution in [2.24, 2.45) is 0 Å². The van der Waals surface area contributed by atoms with Gasteiger partial charge in [0.1, 0.15) is 11.2 Å². The minimum absolute atomic E-state index is 0.622. The van der Waals surface area contributed by atoms with E-state index in [-0.39, 0.29) is 0 Å². The van der Waals surface area contributed by atoms with Gasteiger partial charge in [-0.3, -0.25) is 0 Å². The molecule has 0 saturated carbocycles. The fraction of sp³-hybridized carbons (Fsp3) is 0. The smallest absolute Gasteiger partial charge is 0.164 e. The van der Waals surface area contributed by atoms with Crippen molar-refractivity contribution in [1.82, 2.24) is 15.0 Å². The predicted molar refractivity (Wildman–Crippen MR) is 165 cm³/mol. The lowest BCUT2D eigenvalue weighted by Gasteiger charge is -2.10. The van der Waals surface area contributed by atoms with Crippen LogP contribution >= 0.6 is 0 Å². The van der Waals surface area contributed by atoms with E-state index in [1.54, 1.807) is 0 Å². The Hall–Kier alpha value is -5.61. The lowest BCUT2D eigenvalue weighted by Crippen LogP contribution is -2.00. The number of aromatic nitrogens is 3. The molecule has 0 bridgehead atoms. The average molecular weight is 524 g/mol. The van der Waals surface area contributed by atoms with E-state index in [1.807, 2.05) is 60.7 Å². The maximum atomic E-state index is 6.18. The highest BCUT2D eigenvalue weighted by atomic mass is 16.3. The molecule has 0 amide bonds. The third-order valence-corrected chi connectivity index (χ3v) is 8.07. The summed E-state index contributed by atoms with van der Waals surface area (Å²) in [5, 5.41) is 4.62. The standard InChI is InChI=1S/C37H21N3O/c1-2-9-23(10-3-1)35-38-36(24-19-20-25-26-14-6-11-22-12-7-15-27(33(22)26)30(25)21-24)40-37(39-35)29-16-8-18-32-34(29)28-13-4-5-17-31(28)41-32/h1-21H. The molecular formula is C37H21N3O. The molecule has 0 fully saturated rings. The Morgan fingerprint density at radius 3 is 1.90 bits per heavy atom. The van der Waals surface area contributed by atoms with Gasteiger partial charge in [-0.05, 0) is 51.2 Å². The summed E-state index contributed by atoms with van der Waals surface area (Å²) in [7, 11) is 0. The monoisotopic (exact) mass is 523 g/mol. The number of hydrogen-bond acceptors (Lipinski definition) is 4. The molecule has 2 aromatic heterocycles. The van der Waals surface area contributed by atoms with Crippen LogP contribution in [-0.2, 0) is 0 Å². The molecule has 1 aliphatic carbocycles. The first kappa shape index (κ1) is 22.2. The van der Waals surface area contributed by atoms with Gasteiger partial charge in [-0.15, -0.1) is 0 Å². The van der Waals surface area contributed by atoms with Crippen LogP contribution < -0.4 is 0 Å². The van der Waals surface area contributed by atoms with Gasteiger partial charge in [0, 0.05) is 27.5 Å². The minimum atomic E-state index is 0.622.